The van der Waals surface area contributed by atoms with Gasteiger partial charge in [0.1, 0.15) is 25.1 Å². The number of fused-ring (bicyclic) bond motifs is 2. The molecule has 0 saturated carbocycles. The van der Waals surface area contributed by atoms with Gasteiger partial charge in [0.25, 0.3) is 5.91 Å². The van der Waals surface area contributed by atoms with E-state index in [-0.39, 0.29) is 30.4 Å². The molecule has 0 fully saturated rings. The molecule has 1 amide bonds. The van der Waals surface area contributed by atoms with Gasteiger partial charge in [-0.15, -0.1) is 0 Å². The minimum absolute atomic E-state index is 0.0853. The summed E-state index contributed by atoms with van der Waals surface area (Å²) < 4.78 is 54.5. The largest absolute Gasteiger partial charge is 0.491 e. The lowest BCUT2D eigenvalue weighted by atomic mass is 10.0. The molecule has 0 aliphatic carbocycles. The van der Waals surface area contributed by atoms with Gasteiger partial charge in [-0.2, -0.15) is 18.3 Å². The summed E-state index contributed by atoms with van der Waals surface area (Å²) in [6.45, 7) is 1.50. The van der Waals surface area contributed by atoms with Crippen molar-refractivity contribution < 1.29 is 32.2 Å². The van der Waals surface area contributed by atoms with Crippen LogP contribution < -0.4 is 14.8 Å². The highest BCUT2D eigenvalue weighted by Crippen LogP contribution is 2.27. The zero-order valence-electron chi connectivity index (χ0n) is 16.4. The van der Waals surface area contributed by atoms with Gasteiger partial charge in [0, 0.05) is 6.07 Å². The zero-order valence-corrected chi connectivity index (χ0v) is 16.4. The Morgan fingerprint density at radius 2 is 2.20 bits per heavy atom. The van der Waals surface area contributed by atoms with Crippen molar-refractivity contribution in [1.29, 1.82) is 0 Å². The summed E-state index contributed by atoms with van der Waals surface area (Å²) in [6.07, 6.45) is -2.91. The van der Waals surface area contributed by atoms with Gasteiger partial charge in [0.2, 0.25) is 5.88 Å². The van der Waals surface area contributed by atoms with Gasteiger partial charge < -0.3 is 19.5 Å². The molecule has 10 heteroatoms. The third kappa shape index (κ3) is 4.69. The van der Waals surface area contributed by atoms with E-state index in [2.05, 4.69) is 10.4 Å². The van der Waals surface area contributed by atoms with E-state index in [4.69, 9.17) is 14.2 Å². The van der Waals surface area contributed by atoms with Crippen LogP contribution in [-0.4, -0.2) is 47.2 Å². The normalized spacial score (nSPS) is 20.1. The molecule has 2 atom stereocenters. The molecule has 0 bridgehead atoms. The monoisotopic (exact) mass is 425 g/mol. The van der Waals surface area contributed by atoms with Crippen LogP contribution in [0.3, 0.4) is 0 Å². The quantitative estimate of drug-likeness (QED) is 0.771. The second-order valence-electron chi connectivity index (χ2n) is 7.43. The van der Waals surface area contributed by atoms with Gasteiger partial charge in [-0.25, -0.2) is 4.68 Å². The third-order valence-corrected chi connectivity index (χ3v) is 5.00. The molecule has 2 unspecified atom stereocenters. The van der Waals surface area contributed by atoms with Gasteiger partial charge >= 0.3 is 6.18 Å². The molecular formula is C20H22F3N3O4. The first-order valence-corrected chi connectivity index (χ1v) is 9.75. The van der Waals surface area contributed by atoms with E-state index in [9.17, 15) is 18.0 Å². The number of benzene rings is 1. The maximum Gasteiger partial charge on any atom is 0.411 e. The predicted octanol–water partition coefficient (Wildman–Crippen LogP) is 2.87. The molecular weight excluding hydrogens is 403 g/mol. The Labute approximate surface area is 171 Å². The molecule has 1 N–H and O–H groups in total. The van der Waals surface area contributed by atoms with E-state index in [0.29, 0.717) is 36.8 Å². The van der Waals surface area contributed by atoms with E-state index in [0.717, 1.165) is 12.0 Å². The number of ether oxygens (including phenoxy) is 3. The second-order valence-corrected chi connectivity index (χ2v) is 7.43. The number of nitrogens with one attached hydrogen (secondary N) is 1. The van der Waals surface area contributed by atoms with Crippen LogP contribution >= 0.6 is 0 Å². The number of carbonyl (C=O) groups is 1. The summed E-state index contributed by atoms with van der Waals surface area (Å²) in [7, 11) is 0. The van der Waals surface area contributed by atoms with Crippen LogP contribution in [0.5, 0.6) is 11.6 Å². The number of halogens is 3. The topological polar surface area (TPSA) is 74.6 Å². The van der Waals surface area contributed by atoms with Crippen LogP contribution in [0, 0.1) is 0 Å². The smallest absolute Gasteiger partial charge is 0.411 e. The average molecular weight is 425 g/mol. The molecule has 0 saturated heterocycles. The number of nitrogens with zero attached hydrogens (tertiary/aromatic N) is 2. The summed E-state index contributed by atoms with van der Waals surface area (Å²) in [4.78, 5) is 12.6. The van der Waals surface area contributed by atoms with Crippen molar-refractivity contribution in [1.82, 2.24) is 15.1 Å². The van der Waals surface area contributed by atoms with Gasteiger partial charge in [-0.05, 0) is 36.1 Å². The molecule has 1 aromatic carbocycles. The van der Waals surface area contributed by atoms with Gasteiger partial charge in [-0.3, -0.25) is 4.79 Å². The van der Waals surface area contributed by atoms with Gasteiger partial charge in [0.15, 0.2) is 5.69 Å². The van der Waals surface area contributed by atoms with Gasteiger partial charge in [-0.1, -0.05) is 13.0 Å². The highest BCUT2D eigenvalue weighted by molar-refractivity contribution is 5.92. The number of rotatable bonds is 6. The molecule has 3 heterocycles. The van der Waals surface area contributed by atoms with Crippen molar-refractivity contribution in [3.8, 4) is 11.6 Å². The molecule has 162 valence electrons. The highest BCUT2D eigenvalue weighted by Gasteiger charge is 2.29. The summed E-state index contributed by atoms with van der Waals surface area (Å²) in [5.74, 6) is 0.913. The molecule has 2 aromatic rings. The van der Waals surface area contributed by atoms with Crippen molar-refractivity contribution in [3.63, 3.8) is 0 Å². The van der Waals surface area contributed by atoms with E-state index in [1.54, 1.807) is 28.9 Å². The Hall–Kier alpha value is -2.75. The van der Waals surface area contributed by atoms with Crippen LogP contribution in [0.15, 0.2) is 24.3 Å². The molecule has 2 aliphatic heterocycles. The first-order chi connectivity index (χ1) is 14.3. The summed E-state index contributed by atoms with van der Waals surface area (Å²) >= 11 is 0. The molecule has 30 heavy (non-hydrogen) atoms. The maximum absolute atomic E-state index is 12.6. The van der Waals surface area contributed by atoms with E-state index in [1.807, 2.05) is 6.92 Å². The highest BCUT2D eigenvalue weighted by atomic mass is 19.4. The molecule has 7 nitrogen and oxygen atoms in total. The zero-order chi connectivity index (χ0) is 21.3. The number of amides is 1. The molecule has 1 aromatic heterocycles. The molecule has 2 aliphatic rings. The average Bonchev–Trinajstić information content (AvgIpc) is 3.25. The summed E-state index contributed by atoms with van der Waals surface area (Å²) in [6, 6.07) is 6.47. The Kier molecular flexibility index (Phi) is 5.59. The third-order valence-electron chi connectivity index (χ3n) is 5.00. The predicted molar refractivity (Wildman–Crippen MR) is 99.5 cm³/mol. The fourth-order valence-corrected chi connectivity index (χ4v) is 3.52. The fourth-order valence-electron chi connectivity index (χ4n) is 3.52. The van der Waals surface area contributed by atoms with Crippen LogP contribution in [0.1, 0.15) is 35.0 Å². The Bertz CT molecular complexity index is 905. The standard InChI is InChI=1S/C20H22F3N3O4/c1-2-15-8-26-18(30-15)7-16(25-26)19(27)24-14-6-13-5-12(3-4-17(13)29-10-14)9-28-11-20(21,22)23/h3-5,7,14-15H,2,6,8-11H2,1H3,(H,24,27). The van der Waals surface area contributed by atoms with Crippen molar-refractivity contribution in [2.75, 3.05) is 13.2 Å². The fraction of sp³-hybridized carbons (Fsp3) is 0.500. The van der Waals surface area contributed by atoms with Crippen LogP contribution in [-0.2, 0) is 24.3 Å². The number of alkyl halides is 3. The summed E-state index contributed by atoms with van der Waals surface area (Å²) in [5, 5.41) is 7.19. The molecule has 4 rings (SSSR count). The van der Waals surface area contributed by atoms with Crippen molar-refractivity contribution >= 4 is 5.91 Å². The molecule has 0 spiro atoms. The minimum atomic E-state index is -4.36. The van der Waals surface area contributed by atoms with Crippen molar-refractivity contribution in [3.05, 3.63) is 41.1 Å². The van der Waals surface area contributed by atoms with Crippen LogP contribution in [0.25, 0.3) is 0 Å². The maximum atomic E-state index is 12.6. The SMILES string of the molecule is CCC1Cn2nc(C(=O)NC3COc4ccc(COCC(F)(F)F)cc4C3)cc2O1. The van der Waals surface area contributed by atoms with Crippen LogP contribution in [0.2, 0.25) is 0 Å². The first-order valence-electron chi connectivity index (χ1n) is 9.75. The second kappa shape index (κ2) is 8.17. The lowest BCUT2D eigenvalue weighted by molar-refractivity contribution is -0.176. The first kappa shape index (κ1) is 20.5. The molecule has 0 radical (unpaired) electrons. The van der Waals surface area contributed by atoms with Crippen LogP contribution in [0.4, 0.5) is 13.2 Å². The van der Waals surface area contributed by atoms with E-state index in [1.165, 1.54) is 0 Å². The number of aromatic nitrogens is 2. The van der Waals surface area contributed by atoms with Crippen molar-refractivity contribution in [2.24, 2.45) is 0 Å². The summed E-state index contributed by atoms with van der Waals surface area (Å²) in [5.41, 5.74) is 1.70. The lowest BCUT2D eigenvalue weighted by Gasteiger charge is -2.26. The minimum Gasteiger partial charge on any atom is -0.491 e. The van der Waals surface area contributed by atoms with E-state index < -0.39 is 12.8 Å². The Morgan fingerprint density at radius 3 is 2.93 bits per heavy atom. The Balaban J connectivity index is 1.35. The number of hydrogen-bond acceptors (Lipinski definition) is 5. The number of hydrogen-bond donors (Lipinski definition) is 1. The Morgan fingerprint density at radius 1 is 1.37 bits per heavy atom. The van der Waals surface area contributed by atoms with E-state index >= 15 is 0 Å². The van der Waals surface area contributed by atoms with Crippen molar-refractivity contribution in [2.45, 2.75) is 51.2 Å². The van der Waals surface area contributed by atoms with Gasteiger partial charge in [0.05, 0.1) is 19.2 Å². The lowest BCUT2D eigenvalue weighted by Crippen LogP contribution is -2.43. The number of carbonyl (C=O) groups excluding carboxylic acids is 1.